The van der Waals surface area contributed by atoms with Gasteiger partial charge in [0.1, 0.15) is 0 Å². The summed E-state index contributed by atoms with van der Waals surface area (Å²) in [5, 5.41) is 0. The van der Waals surface area contributed by atoms with Crippen LogP contribution in [0.3, 0.4) is 0 Å². The van der Waals surface area contributed by atoms with Gasteiger partial charge >= 0.3 is 0 Å². The molecule has 1 fully saturated rings. The van der Waals surface area contributed by atoms with Gasteiger partial charge in [0.2, 0.25) is 0 Å². The molecule has 1 aromatic rings. The predicted octanol–water partition coefficient (Wildman–Crippen LogP) is 2.88. The van der Waals surface area contributed by atoms with Crippen LogP contribution in [0.4, 0.5) is 0 Å². The van der Waals surface area contributed by atoms with E-state index in [1.807, 2.05) is 12.1 Å². The number of hydrogen-bond donors (Lipinski definition) is 1. The van der Waals surface area contributed by atoms with Crippen LogP contribution < -0.4 is 15.2 Å². The van der Waals surface area contributed by atoms with Crippen molar-refractivity contribution >= 4 is 15.9 Å². The van der Waals surface area contributed by atoms with E-state index in [2.05, 4.69) is 15.9 Å². The number of hydrogen-bond acceptors (Lipinski definition) is 3. The molecule has 3 nitrogen and oxygen atoms in total. The summed E-state index contributed by atoms with van der Waals surface area (Å²) in [6.45, 7) is 0. The van der Waals surface area contributed by atoms with E-state index in [0.717, 1.165) is 21.5 Å². The van der Waals surface area contributed by atoms with Crippen LogP contribution in [0.2, 0.25) is 0 Å². The average molecular weight is 286 g/mol. The van der Waals surface area contributed by atoms with Crippen molar-refractivity contribution in [1.82, 2.24) is 0 Å². The zero-order chi connectivity index (χ0) is 11.7. The monoisotopic (exact) mass is 285 g/mol. The van der Waals surface area contributed by atoms with Gasteiger partial charge in [-0.3, -0.25) is 0 Å². The lowest BCUT2D eigenvalue weighted by Crippen LogP contribution is -2.13. The van der Waals surface area contributed by atoms with Gasteiger partial charge in [0.25, 0.3) is 0 Å². The highest BCUT2D eigenvalue weighted by Crippen LogP contribution is 2.44. The summed E-state index contributed by atoms with van der Waals surface area (Å²) in [5.74, 6) is 2.08. The van der Waals surface area contributed by atoms with Gasteiger partial charge in [0.15, 0.2) is 11.5 Å². The molecule has 1 saturated carbocycles. The van der Waals surface area contributed by atoms with E-state index >= 15 is 0 Å². The molecule has 0 saturated heterocycles. The van der Waals surface area contributed by atoms with Gasteiger partial charge in [0, 0.05) is 10.5 Å². The molecule has 1 aliphatic carbocycles. The summed E-state index contributed by atoms with van der Waals surface area (Å²) in [7, 11) is 3.27. The topological polar surface area (TPSA) is 44.5 Å². The Balaban J connectivity index is 2.37. The first-order valence-corrected chi connectivity index (χ1v) is 6.13. The highest BCUT2D eigenvalue weighted by atomic mass is 79.9. The van der Waals surface area contributed by atoms with Crippen LogP contribution in [0.5, 0.6) is 11.5 Å². The van der Waals surface area contributed by atoms with E-state index in [1.165, 1.54) is 12.8 Å². The summed E-state index contributed by atoms with van der Waals surface area (Å²) >= 11 is 3.53. The number of rotatable bonds is 4. The molecule has 0 heterocycles. The molecular weight excluding hydrogens is 270 g/mol. The predicted molar refractivity (Wildman–Crippen MR) is 66.9 cm³/mol. The quantitative estimate of drug-likeness (QED) is 0.925. The smallest absolute Gasteiger partial charge is 0.161 e. The summed E-state index contributed by atoms with van der Waals surface area (Å²) in [5.41, 5.74) is 7.29. The number of halogens is 1. The molecule has 1 atom stereocenters. The normalized spacial score (nSPS) is 17.0. The van der Waals surface area contributed by atoms with Gasteiger partial charge in [-0.15, -0.1) is 0 Å². The third-order valence-electron chi connectivity index (χ3n) is 2.99. The van der Waals surface area contributed by atoms with E-state index in [-0.39, 0.29) is 6.04 Å². The molecule has 88 valence electrons. The van der Waals surface area contributed by atoms with Gasteiger partial charge in [0.05, 0.1) is 14.2 Å². The van der Waals surface area contributed by atoms with Gasteiger partial charge in [-0.05, 0) is 36.5 Å². The van der Waals surface area contributed by atoms with Crippen LogP contribution in [0, 0.1) is 5.92 Å². The third-order valence-corrected chi connectivity index (χ3v) is 3.68. The lowest BCUT2D eigenvalue weighted by atomic mass is 10.0. The molecule has 0 aromatic heterocycles. The average Bonchev–Trinajstić information content (AvgIpc) is 3.11. The molecule has 0 bridgehead atoms. The minimum Gasteiger partial charge on any atom is -0.493 e. The van der Waals surface area contributed by atoms with E-state index in [4.69, 9.17) is 15.2 Å². The first-order chi connectivity index (χ1) is 7.67. The molecule has 4 heteroatoms. The highest BCUT2D eigenvalue weighted by Gasteiger charge is 2.31. The fraction of sp³-hybridized carbons (Fsp3) is 0.500. The Morgan fingerprint density at radius 1 is 1.25 bits per heavy atom. The van der Waals surface area contributed by atoms with Gasteiger partial charge < -0.3 is 15.2 Å². The summed E-state index contributed by atoms with van der Waals surface area (Å²) < 4.78 is 11.5. The van der Waals surface area contributed by atoms with Gasteiger partial charge in [-0.25, -0.2) is 0 Å². The number of ether oxygens (including phenoxy) is 2. The standard InChI is InChI=1S/C12H16BrNO2/c1-15-10-5-8(12(14)7-3-4-7)9(13)6-11(10)16-2/h5-7,12H,3-4,14H2,1-2H3. The summed E-state index contributed by atoms with van der Waals surface area (Å²) in [6.07, 6.45) is 2.45. The Bertz CT molecular complexity index is 391. The maximum atomic E-state index is 6.19. The first-order valence-electron chi connectivity index (χ1n) is 5.34. The second-order valence-electron chi connectivity index (χ2n) is 4.09. The van der Waals surface area contributed by atoms with Crippen LogP contribution in [-0.2, 0) is 0 Å². The van der Waals surface area contributed by atoms with Crippen molar-refractivity contribution in [3.8, 4) is 11.5 Å². The van der Waals surface area contributed by atoms with Crippen molar-refractivity contribution in [3.05, 3.63) is 22.2 Å². The molecule has 1 aromatic carbocycles. The fourth-order valence-corrected chi connectivity index (χ4v) is 2.42. The Morgan fingerprint density at radius 3 is 2.31 bits per heavy atom. The van der Waals surface area contributed by atoms with Crippen molar-refractivity contribution in [2.45, 2.75) is 18.9 Å². The molecule has 1 unspecified atom stereocenters. The zero-order valence-corrected chi connectivity index (χ0v) is 11.1. The van der Waals surface area contributed by atoms with E-state index in [9.17, 15) is 0 Å². The summed E-state index contributed by atoms with van der Waals surface area (Å²) in [4.78, 5) is 0. The van der Waals surface area contributed by atoms with E-state index < -0.39 is 0 Å². The molecule has 2 rings (SSSR count). The number of nitrogens with two attached hydrogens (primary N) is 1. The van der Waals surface area contributed by atoms with Crippen LogP contribution in [0.1, 0.15) is 24.4 Å². The second-order valence-corrected chi connectivity index (χ2v) is 4.95. The fourth-order valence-electron chi connectivity index (χ4n) is 1.83. The summed E-state index contributed by atoms with van der Waals surface area (Å²) in [6, 6.07) is 3.97. The third kappa shape index (κ3) is 2.18. The molecule has 0 spiro atoms. The van der Waals surface area contributed by atoms with Crippen LogP contribution in [0.25, 0.3) is 0 Å². The minimum absolute atomic E-state index is 0.0918. The van der Waals surface area contributed by atoms with Crippen LogP contribution in [0.15, 0.2) is 16.6 Å². The van der Waals surface area contributed by atoms with Crippen molar-refractivity contribution in [3.63, 3.8) is 0 Å². The molecule has 2 N–H and O–H groups in total. The lowest BCUT2D eigenvalue weighted by Gasteiger charge is -2.16. The number of benzene rings is 1. The Labute approximate surface area is 104 Å². The van der Waals surface area contributed by atoms with Crippen molar-refractivity contribution in [2.75, 3.05) is 14.2 Å². The Kier molecular flexibility index (Phi) is 3.40. The molecule has 0 aliphatic heterocycles. The van der Waals surface area contributed by atoms with E-state index in [0.29, 0.717) is 5.92 Å². The zero-order valence-electron chi connectivity index (χ0n) is 9.50. The maximum Gasteiger partial charge on any atom is 0.161 e. The Morgan fingerprint density at radius 2 is 1.81 bits per heavy atom. The van der Waals surface area contributed by atoms with Gasteiger partial charge in [-0.1, -0.05) is 15.9 Å². The molecular formula is C12H16BrNO2. The largest absolute Gasteiger partial charge is 0.493 e. The Hall–Kier alpha value is -0.740. The number of methoxy groups -OCH3 is 2. The van der Waals surface area contributed by atoms with Gasteiger partial charge in [-0.2, -0.15) is 0 Å². The first kappa shape index (κ1) is 11.7. The van der Waals surface area contributed by atoms with E-state index in [1.54, 1.807) is 14.2 Å². The highest BCUT2D eigenvalue weighted by molar-refractivity contribution is 9.10. The van der Waals surface area contributed by atoms with Crippen molar-refractivity contribution in [2.24, 2.45) is 11.7 Å². The second kappa shape index (κ2) is 4.63. The molecule has 0 radical (unpaired) electrons. The molecule has 0 amide bonds. The minimum atomic E-state index is 0.0918. The molecule has 1 aliphatic rings. The van der Waals surface area contributed by atoms with Crippen LogP contribution in [-0.4, -0.2) is 14.2 Å². The lowest BCUT2D eigenvalue weighted by molar-refractivity contribution is 0.353. The maximum absolute atomic E-state index is 6.19. The van der Waals surface area contributed by atoms with Crippen molar-refractivity contribution < 1.29 is 9.47 Å². The molecule has 16 heavy (non-hydrogen) atoms. The SMILES string of the molecule is COc1cc(Br)c(C(N)C2CC2)cc1OC. The van der Waals surface area contributed by atoms with Crippen molar-refractivity contribution in [1.29, 1.82) is 0 Å². The van der Waals surface area contributed by atoms with Crippen LogP contribution >= 0.6 is 15.9 Å².